The molecule has 1 N–H and O–H groups in total. The Labute approximate surface area is 117 Å². The molecule has 1 aromatic carbocycles. The topological polar surface area (TPSA) is 58.4 Å². The molecule has 0 amide bonds. The highest BCUT2D eigenvalue weighted by molar-refractivity contribution is 6.31. The van der Waals surface area contributed by atoms with Gasteiger partial charge in [0.15, 0.2) is 0 Å². The summed E-state index contributed by atoms with van der Waals surface area (Å²) in [6, 6.07) is 5.35. The lowest BCUT2D eigenvalue weighted by atomic mass is 9.98. The van der Waals surface area contributed by atoms with Gasteiger partial charge in [-0.2, -0.15) is 0 Å². The third kappa shape index (κ3) is 3.36. The first-order chi connectivity index (χ1) is 8.97. The van der Waals surface area contributed by atoms with Gasteiger partial charge in [0, 0.05) is 29.7 Å². The number of likely N-dealkylation sites (tertiary alicyclic amines) is 1. The van der Waals surface area contributed by atoms with Crippen molar-refractivity contribution in [3.8, 4) is 0 Å². The van der Waals surface area contributed by atoms with Crippen LogP contribution < -0.4 is 5.32 Å². The highest BCUT2D eigenvalue weighted by atomic mass is 35.5. The van der Waals surface area contributed by atoms with Crippen LogP contribution in [0.1, 0.15) is 19.8 Å². The maximum atomic E-state index is 11.0. The first-order valence-corrected chi connectivity index (χ1v) is 6.76. The Morgan fingerprint density at radius 1 is 1.53 bits per heavy atom. The molecule has 0 saturated carbocycles. The number of anilines is 1. The lowest BCUT2D eigenvalue weighted by molar-refractivity contribution is -0.384. The van der Waals surface area contributed by atoms with E-state index in [1.807, 2.05) is 0 Å². The van der Waals surface area contributed by atoms with E-state index in [1.165, 1.54) is 6.07 Å². The van der Waals surface area contributed by atoms with Crippen molar-refractivity contribution in [1.82, 2.24) is 4.90 Å². The summed E-state index contributed by atoms with van der Waals surface area (Å²) in [5.74, 6) is 0. The third-order valence-electron chi connectivity index (χ3n) is 3.72. The quantitative estimate of drug-likeness (QED) is 0.684. The number of piperidine rings is 1. The van der Waals surface area contributed by atoms with Crippen molar-refractivity contribution >= 4 is 23.0 Å². The monoisotopic (exact) mass is 283 g/mol. The van der Waals surface area contributed by atoms with Crippen LogP contribution in [0.4, 0.5) is 11.4 Å². The number of benzene rings is 1. The zero-order valence-corrected chi connectivity index (χ0v) is 11.9. The Morgan fingerprint density at radius 2 is 2.26 bits per heavy atom. The van der Waals surface area contributed by atoms with E-state index in [2.05, 4.69) is 24.2 Å². The van der Waals surface area contributed by atoms with E-state index in [9.17, 15) is 10.1 Å². The lowest BCUT2D eigenvalue weighted by Gasteiger charge is -2.35. The normalized spacial score (nSPS) is 24.2. The number of nitrogens with zero attached hydrogens (tertiary/aromatic N) is 2. The van der Waals surface area contributed by atoms with E-state index in [0.29, 0.717) is 16.8 Å². The van der Waals surface area contributed by atoms with E-state index in [0.717, 1.165) is 19.4 Å². The van der Waals surface area contributed by atoms with Crippen molar-refractivity contribution in [2.24, 2.45) is 0 Å². The summed E-state index contributed by atoms with van der Waals surface area (Å²) in [5.41, 5.74) is 0.593. The van der Waals surface area contributed by atoms with Crippen molar-refractivity contribution in [3.05, 3.63) is 33.3 Å². The molecule has 0 spiro atoms. The fourth-order valence-corrected chi connectivity index (χ4v) is 2.60. The van der Waals surface area contributed by atoms with E-state index in [1.54, 1.807) is 12.1 Å². The molecule has 0 radical (unpaired) electrons. The molecule has 2 rings (SSSR count). The van der Waals surface area contributed by atoms with Crippen molar-refractivity contribution < 1.29 is 4.92 Å². The number of hydrogen-bond acceptors (Lipinski definition) is 4. The summed E-state index contributed by atoms with van der Waals surface area (Å²) in [6.07, 6.45) is 1.95. The molecular formula is C13H18ClN3O2. The Morgan fingerprint density at radius 3 is 2.89 bits per heavy atom. The molecule has 5 nitrogen and oxygen atoms in total. The van der Waals surface area contributed by atoms with Crippen molar-refractivity contribution in [1.29, 1.82) is 0 Å². The fourth-order valence-electron chi connectivity index (χ4n) is 2.42. The van der Waals surface area contributed by atoms with Crippen LogP contribution in [0.5, 0.6) is 0 Å². The Kier molecular flexibility index (Phi) is 4.27. The van der Waals surface area contributed by atoms with Gasteiger partial charge in [-0.05, 0) is 38.9 Å². The maximum Gasteiger partial charge on any atom is 0.292 e. The van der Waals surface area contributed by atoms with E-state index >= 15 is 0 Å². The van der Waals surface area contributed by atoms with E-state index in [4.69, 9.17) is 11.6 Å². The fraction of sp³-hybridized carbons (Fsp3) is 0.538. The second-order valence-corrected chi connectivity index (χ2v) is 5.55. The number of hydrogen-bond donors (Lipinski definition) is 1. The zero-order valence-electron chi connectivity index (χ0n) is 11.1. The zero-order chi connectivity index (χ0) is 14.0. The molecular weight excluding hydrogens is 266 g/mol. The first kappa shape index (κ1) is 14.1. The molecule has 0 aliphatic carbocycles. The number of nitro benzene ring substituents is 1. The average molecular weight is 284 g/mol. The second-order valence-electron chi connectivity index (χ2n) is 5.11. The highest BCUT2D eigenvalue weighted by Gasteiger charge is 2.24. The molecule has 2 unspecified atom stereocenters. The Balaban J connectivity index is 2.14. The van der Waals surface area contributed by atoms with Crippen LogP contribution in [0.3, 0.4) is 0 Å². The van der Waals surface area contributed by atoms with Crippen molar-refractivity contribution in [3.63, 3.8) is 0 Å². The Bertz CT molecular complexity index is 481. The molecule has 6 heteroatoms. The molecule has 19 heavy (non-hydrogen) atoms. The molecule has 0 aromatic heterocycles. The summed E-state index contributed by atoms with van der Waals surface area (Å²) < 4.78 is 0. The molecule has 1 saturated heterocycles. The van der Waals surface area contributed by atoms with Gasteiger partial charge in [0.1, 0.15) is 5.69 Å². The summed E-state index contributed by atoms with van der Waals surface area (Å²) >= 11 is 5.92. The number of rotatable bonds is 3. The van der Waals surface area contributed by atoms with Crippen molar-refractivity contribution in [2.75, 3.05) is 18.9 Å². The van der Waals surface area contributed by atoms with Crippen LogP contribution >= 0.6 is 11.6 Å². The van der Waals surface area contributed by atoms with Gasteiger partial charge in [0.2, 0.25) is 0 Å². The van der Waals surface area contributed by atoms with Gasteiger partial charge >= 0.3 is 0 Å². The van der Waals surface area contributed by atoms with Crippen LogP contribution in [0.25, 0.3) is 0 Å². The predicted octanol–water partition coefficient (Wildman–Crippen LogP) is 3.14. The number of nitro groups is 1. The van der Waals surface area contributed by atoms with Crippen LogP contribution in [0.2, 0.25) is 5.02 Å². The summed E-state index contributed by atoms with van der Waals surface area (Å²) in [6.45, 7) is 3.16. The molecule has 1 aromatic rings. The van der Waals surface area contributed by atoms with Gasteiger partial charge in [-0.1, -0.05) is 11.6 Å². The number of nitrogens with one attached hydrogen (secondary N) is 1. The average Bonchev–Trinajstić information content (AvgIpc) is 2.33. The van der Waals surface area contributed by atoms with Crippen molar-refractivity contribution in [2.45, 2.75) is 31.8 Å². The third-order valence-corrected chi connectivity index (χ3v) is 3.96. The lowest BCUT2D eigenvalue weighted by Crippen LogP contribution is -2.42. The smallest absolute Gasteiger partial charge is 0.292 e. The summed E-state index contributed by atoms with van der Waals surface area (Å²) in [4.78, 5) is 12.9. The predicted molar refractivity (Wildman–Crippen MR) is 76.8 cm³/mol. The van der Waals surface area contributed by atoms with Crippen LogP contribution in [-0.2, 0) is 0 Å². The molecule has 2 atom stereocenters. The van der Waals surface area contributed by atoms with Gasteiger partial charge in [-0.15, -0.1) is 0 Å². The van der Waals surface area contributed by atoms with Gasteiger partial charge in [0.25, 0.3) is 5.69 Å². The summed E-state index contributed by atoms with van der Waals surface area (Å²) in [5, 5.41) is 14.8. The van der Waals surface area contributed by atoms with E-state index < -0.39 is 0 Å². The SMILES string of the molecule is CC1CC(Nc2cc(Cl)ccc2[N+](=O)[O-])CCN1C. The molecule has 0 bridgehead atoms. The first-order valence-electron chi connectivity index (χ1n) is 6.38. The standard InChI is InChI=1S/C13H18ClN3O2/c1-9-7-11(5-6-16(9)2)15-12-8-10(14)3-4-13(12)17(18)19/h3-4,8-9,11,15H,5-7H2,1-2H3. The van der Waals surface area contributed by atoms with Crippen LogP contribution in [0.15, 0.2) is 18.2 Å². The van der Waals surface area contributed by atoms with Gasteiger partial charge in [-0.3, -0.25) is 10.1 Å². The van der Waals surface area contributed by atoms with Gasteiger partial charge < -0.3 is 10.2 Å². The highest BCUT2D eigenvalue weighted by Crippen LogP contribution is 2.30. The van der Waals surface area contributed by atoms with Gasteiger partial charge in [0.05, 0.1) is 4.92 Å². The maximum absolute atomic E-state index is 11.0. The van der Waals surface area contributed by atoms with Gasteiger partial charge in [-0.25, -0.2) is 0 Å². The minimum Gasteiger partial charge on any atom is -0.377 e. The molecule has 1 aliphatic heterocycles. The van der Waals surface area contributed by atoms with Crippen LogP contribution in [-0.4, -0.2) is 35.5 Å². The molecule has 1 heterocycles. The van der Waals surface area contributed by atoms with E-state index in [-0.39, 0.29) is 16.7 Å². The molecule has 1 aliphatic rings. The second kappa shape index (κ2) is 5.75. The minimum absolute atomic E-state index is 0.0796. The molecule has 104 valence electrons. The molecule has 1 fully saturated rings. The summed E-state index contributed by atoms with van der Waals surface area (Å²) in [7, 11) is 2.10. The minimum atomic E-state index is -0.378. The number of halogens is 1. The largest absolute Gasteiger partial charge is 0.377 e. The van der Waals surface area contributed by atoms with Crippen LogP contribution in [0, 0.1) is 10.1 Å². The Hall–Kier alpha value is -1.33.